The van der Waals surface area contributed by atoms with Crippen LogP contribution in [0.3, 0.4) is 0 Å². The lowest BCUT2D eigenvalue weighted by atomic mass is 9.97. The van der Waals surface area contributed by atoms with Gasteiger partial charge in [0.1, 0.15) is 0 Å². The van der Waals surface area contributed by atoms with E-state index in [9.17, 15) is 0 Å². The number of nitrogens with zero attached hydrogens (tertiary/aromatic N) is 2. The van der Waals surface area contributed by atoms with Crippen molar-refractivity contribution in [1.29, 1.82) is 0 Å². The first-order valence-corrected chi connectivity index (χ1v) is 6.91. The molecule has 1 atom stereocenters. The van der Waals surface area contributed by atoms with Gasteiger partial charge in [-0.25, -0.2) is 4.98 Å². The summed E-state index contributed by atoms with van der Waals surface area (Å²) >= 11 is 1.68. The third kappa shape index (κ3) is 2.81. The van der Waals surface area contributed by atoms with E-state index in [4.69, 9.17) is 0 Å². The van der Waals surface area contributed by atoms with Crippen LogP contribution in [0.4, 0.5) is 0 Å². The van der Waals surface area contributed by atoms with Crippen molar-refractivity contribution < 1.29 is 0 Å². The molecule has 2 rings (SSSR count). The van der Waals surface area contributed by atoms with E-state index < -0.39 is 0 Å². The van der Waals surface area contributed by atoms with Crippen molar-refractivity contribution in [2.45, 2.75) is 45.3 Å². The van der Waals surface area contributed by atoms with Gasteiger partial charge in [-0.3, -0.25) is 4.90 Å². The molecule has 2 heterocycles. The van der Waals surface area contributed by atoms with Crippen molar-refractivity contribution in [3.8, 4) is 0 Å². The minimum absolute atomic E-state index is 0.224. The largest absolute Gasteiger partial charge is 0.309 e. The Morgan fingerprint density at radius 1 is 1.62 bits per heavy atom. The Balaban J connectivity index is 2.03. The molecule has 1 unspecified atom stereocenters. The number of hydrogen-bond donors (Lipinski definition) is 1. The molecule has 3 nitrogen and oxygen atoms in total. The summed E-state index contributed by atoms with van der Waals surface area (Å²) in [6.45, 7) is 9.99. The van der Waals surface area contributed by atoms with Gasteiger partial charge in [-0.15, -0.1) is 11.3 Å². The molecule has 0 spiro atoms. The van der Waals surface area contributed by atoms with Gasteiger partial charge in [0.2, 0.25) is 0 Å². The first-order chi connectivity index (χ1) is 7.61. The standard InChI is InChI=1S/C12H21N3S/c1-4-11-5-14-12(2,3)8-15(11)6-10-7-16-9-13-10/h7,9,11,14H,4-6,8H2,1-3H3. The fraction of sp³-hybridized carbons (Fsp3) is 0.750. The molecule has 1 saturated heterocycles. The monoisotopic (exact) mass is 239 g/mol. The number of thiazole rings is 1. The summed E-state index contributed by atoms with van der Waals surface area (Å²) in [5, 5.41) is 5.76. The number of nitrogens with one attached hydrogen (secondary N) is 1. The van der Waals surface area contributed by atoms with Crippen LogP contribution in [0.1, 0.15) is 32.9 Å². The van der Waals surface area contributed by atoms with Gasteiger partial charge in [0.25, 0.3) is 0 Å². The molecule has 0 bridgehead atoms. The average Bonchev–Trinajstić information content (AvgIpc) is 2.70. The van der Waals surface area contributed by atoms with Crippen molar-refractivity contribution in [3.05, 3.63) is 16.6 Å². The van der Waals surface area contributed by atoms with E-state index in [1.165, 1.54) is 12.1 Å². The van der Waals surface area contributed by atoms with Crippen LogP contribution in [-0.4, -0.2) is 34.6 Å². The fourth-order valence-corrected chi connectivity index (χ4v) is 2.88. The average molecular weight is 239 g/mol. The quantitative estimate of drug-likeness (QED) is 0.875. The van der Waals surface area contributed by atoms with Gasteiger partial charge < -0.3 is 5.32 Å². The van der Waals surface area contributed by atoms with E-state index in [1.807, 2.05) is 5.51 Å². The molecule has 1 N–H and O–H groups in total. The molecule has 0 saturated carbocycles. The highest BCUT2D eigenvalue weighted by atomic mass is 32.1. The van der Waals surface area contributed by atoms with Crippen molar-refractivity contribution in [2.75, 3.05) is 13.1 Å². The third-order valence-corrected chi connectivity index (χ3v) is 3.89. The molecule has 90 valence electrons. The molecule has 1 aromatic rings. The molecule has 16 heavy (non-hydrogen) atoms. The first-order valence-electron chi connectivity index (χ1n) is 5.97. The summed E-state index contributed by atoms with van der Waals surface area (Å²) < 4.78 is 0. The summed E-state index contributed by atoms with van der Waals surface area (Å²) in [6, 6.07) is 0.648. The van der Waals surface area contributed by atoms with Gasteiger partial charge in [-0.2, -0.15) is 0 Å². The van der Waals surface area contributed by atoms with E-state index >= 15 is 0 Å². The van der Waals surface area contributed by atoms with Crippen molar-refractivity contribution in [1.82, 2.24) is 15.2 Å². The van der Waals surface area contributed by atoms with Crippen LogP contribution in [0.2, 0.25) is 0 Å². The summed E-state index contributed by atoms with van der Waals surface area (Å²) in [4.78, 5) is 6.94. The van der Waals surface area contributed by atoms with E-state index in [0.717, 1.165) is 19.6 Å². The molecule has 0 aromatic carbocycles. The minimum Gasteiger partial charge on any atom is -0.309 e. The Morgan fingerprint density at radius 3 is 3.06 bits per heavy atom. The Kier molecular flexibility index (Phi) is 3.62. The number of aromatic nitrogens is 1. The van der Waals surface area contributed by atoms with Gasteiger partial charge in [0, 0.05) is 36.6 Å². The lowest BCUT2D eigenvalue weighted by Gasteiger charge is -2.44. The zero-order chi connectivity index (χ0) is 11.6. The SMILES string of the molecule is CCC1CNC(C)(C)CN1Cc1cscn1. The minimum atomic E-state index is 0.224. The van der Waals surface area contributed by atoms with Crippen molar-refractivity contribution in [2.24, 2.45) is 0 Å². The maximum atomic E-state index is 4.38. The fourth-order valence-electron chi connectivity index (χ4n) is 2.33. The maximum absolute atomic E-state index is 4.38. The van der Waals surface area contributed by atoms with Crippen LogP contribution in [0.25, 0.3) is 0 Å². The second-order valence-corrected chi connectivity index (χ2v) is 5.93. The predicted molar refractivity (Wildman–Crippen MR) is 68.7 cm³/mol. The van der Waals surface area contributed by atoms with E-state index in [-0.39, 0.29) is 5.54 Å². The van der Waals surface area contributed by atoms with Crippen LogP contribution in [-0.2, 0) is 6.54 Å². The highest BCUT2D eigenvalue weighted by molar-refractivity contribution is 7.07. The summed E-state index contributed by atoms with van der Waals surface area (Å²) in [5.74, 6) is 0. The second-order valence-electron chi connectivity index (χ2n) is 5.21. The normalized spacial score (nSPS) is 25.8. The number of hydrogen-bond acceptors (Lipinski definition) is 4. The molecule has 1 aliphatic heterocycles. The highest BCUT2D eigenvalue weighted by Crippen LogP contribution is 2.19. The van der Waals surface area contributed by atoms with Gasteiger partial charge >= 0.3 is 0 Å². The lowest BCUT2D eigenvalue weighted by molar-refractivity contribution is 0.0848. The highest BCUT2D eigenvalue weighted by Gasteiger charge is 2.31. The van der Waals surface area contributed by atoms with Crippen molar-refractivity contribution >= 4 is 11.3 Å². The molecule has 1 fully saturated rings. The molecule has 0 amide bonds. The zero-order valence-electron chi connectivity index (χ0n) is 10.4. The molecule has 1 aromatic heterocycles. The third-order valence-electron chi connectivity index (χ3n) is 3.25. The Labute approximate surface area is 102 Å². The molecule has 0 radical (unpaired) electrons. The van der Waals surface area contributed by atoms with Gasteiger partial charge in [-0.1, -0.05) is 6.92 Å². The number of rotatable bonds is 3. The van der Waals surface area contributed by atoms with Gasteiger partial charge in [-0.05, 0) is 20.3 Å². The van der Waals surface area contributed by atoms with E-state index in [2.05, 4.69) is 41.4 Å². The van der Waals surface area contributed by atoms with Gasteiger partial charge in [0.05, 0.1) is 11.2 Å². The summed E-state index contributed by atoms with van der Waals surface area (Å²) in [5.41, 5.74) is 3.35. The Morgan fingerprint density at radius 2 is 2.44 bits per heavy atom. The van der Waals surface area contributed by atoms with Crippen LogP contribution in [0.5, 0.6) is 0 Å². The smallest absolute Gasteiger partial charge is 0.0795 e. The van der Waals surface area contributed by atoms with Crippen LogP contribution in [0, 0.1) is 0 Å². The van der Waals surface area contributed by atoms with E-state index in [0.29, 0.717) is 6.04 Å². The van der Waals surface area contributed by atoms with Crippen LogP contribution in [0.15, 0.2) is 10.9 Å². The van der Waals surface area contributed by atoms with Crippen LogP contribution >= 0.6 is 11.3 Å². The van der Waals surface area contributed by atoms with Crippen LogP contribution < -0.4 is 5.32 Å². The first kappa shape index (κ1) is 12.0. The topological polar surface area (TPSA) is 28.2 Å². The Bertz CT molecular complexity index is 321. The lowest BCUT2D eigenvalue weighted by Crippen LogP contribution is -2.61. The number of piperazine rings is 1. The van der Waals surface area contributed by atoms with Gasteiger partial charge in [0.15, 0.2) is 0 Å². The molecule has 0 aliphatic carbocycles. The maximum Gasteiger partial charge on any atom is 0.0795 e. The zero-order valence-corrected chi connectivity index (χ0v) is 11.2. The Hall–Kier alpha value is -0.450. The summed E-state index contributed by atoms with van der Waals surface area (Å²) in [7, 11) is 0. The molecular formula is C12H21N3S. The van der Waals surface area contributed by atoms with Crippen molar-refractivity contribution in [3.63, 3.8) is 0 Å². The second kappa shape index (κ2) is 4.82. The molecule has 4 heteroatoms. The van der Waals surface area contributed by atoms with E-state index in [1.54, 1.807) is 11.3 Å². The molecular weight excluding hydrogens is 218 g/mol. The summed E-state index contributed by atoms with van der Waals surface area (Å²) in [6.07, 6.45) is 1.20. The molecule has 1 aliphatic rings. The predicted octanol–water partition coefficient (Wildman–Crippen LogP) is 2.11.